The van der Waals surface area contributed by atoms with E-state index in [1.807, 2.05) is 20.8 Å². The van der Waals surface area contributed by atoms with Crippen molar-refractivity contribution in [1.29, 1.82) is 0 Å². The van der Waals surface area contributed by atoms with E-state index in [4.69, 9.17) is 38.4 Å². The maximum Gasteiger partial charge on any atom is 0.412 e. The molecule has 0 saturated carbocycles. The molecule has 1 aliphatic rings. The molecule has 2 atom stereocenters. The van der Waals surface area contributed by atoms with Crippen LogP contribution in [0.15, 0.2) is 30.6 Å². The Balaban J connectivity index is 1.57. The number of nitrogen functional groups attached to an aromatic ring is 1. The summed E-state index contributed by atoms with van der Waals surface area (Å²) in [7, 11) is 0. The Hall–Kier alpha value is -3.11. The second kappa shape index (κ2) is 10.7. The van der Waals surface area contributed by atoms with E-state index in [0.717, 1.165) is 19.3 Å². The molecule has 3 aromatic rings. The van der Waals surface area contributed by atoms with E-state index in [1.54, 1.807) is 35.0 Å². The number of nitrogens with zero attached hydrogens (tertiary/aromatic N) is 5. The van der Waals surface area contributed by atoms with Gasteiger partial charge in [-0.3, -0.25) is 4.90 Å². The molecule has 12 heteroatoms. The van der Waals surface area contributed by atoms with Gasteiger partial charge in [0.15, 0.2) is 11.6 Å². The van der Waals surface area contributed by atoms with E-state index in [1.165, 1.54) is 12.1 Å². The quantitative estimate of drug-likeness (QED) is 0.364. The highest BCUT2D eigenvalue weighted by molar-refractivity contribution is 6.36. The Morgan fingerprint density at radius 1 is 1.27 bits per heavy atom. The molecule has 37 heavy (non-hydrogen) atoms. The molecule has 4 rings (SSSR count). The number of pyridine rings is 1. The van der Waals surface area contributed by atoms with E-state index in [-0.39, 0.29) is 33.9 Å². The number of rotatable bonds is 5. The summed E-state index contributed by atoms with van der Waals surface area (Å²) in [5.74, 6) is -0.213. The molecule has 2 aromatic heterocycles. The van der Waals surface area contributed by atoms with Crippen molar-refractivity contribution in [1.82, 2.24) is 24.9 Å². The Bertz CT molecular complexity index is 1300. The SMILES string of the molecule is CC(Oc1cc(-c2cn([C@H]3CCCCN3C(=O)OC(C)(C)C)nn2)cnc1N)c1c(Cl)ccc(F)c1Cl. The predicted octanol–water partition coefficient (Wildman–Crippen LogP) is 6.43. The lowest BCUT2D eigenvalue weighted by molar-refractivity contribution is -0.00377. The lowest BCUT2D eigenvalue weighted by atomic mass is 10.1. The van der Waals surface area contributed by atoms with Gasteiger partial charge >= 0.3 is 6.09 Å². The molecule has 1 amide bonds. The summed E-state index contributed by atoms with van der Waals surface area (Å²) >= 11 is 12.4. The van der Waals surface area contributed by atoms with Gasteiger partial charge in [-0.15, -0.1) is 5.10 Å². The average Bonchev–Trinajstić information content (AvgIpc) is 3.32. The highest BCUT2D eigenvalue weighted by Crippen LogP contribution is 2.37. The first kappa shape index (κ1) is 26.9. The number of carbonyl (C=O) groups is 1. The van der Waals surface area contributed by atoms with Crippen LogP contribution < -0.4 is 10.5 Å². The van der Waals surface area contributed by atoms with E-state index in [2.05, 4.69) is 15.3 Å². The minimum Gasteiger partial charge on any atom is -0.482 e. The second-order valence-corrected chi connectivity index (χ2v) is 10.6. The Morgan fingerprint density at radius 2 is 2.03 bits per heavy atom. The number of ether oxygens (including phenoxy) is 2. The van der Waals surface area contributed by atoms with Crippen molar-refractivity contribution in [3.63, 3.8) is 0 Å². The van der Waals surface area contributed by atoms with Crippen molar-refractivity contribution < 1.29 is 18.7 Å². The molecular formula is C25H29Cl2FN6O3. The molecule has 0 bridgehead atoms. The van der Waals surface area contributed by atoms with Gasteiger partial charge in [-0.25, -0.2) is 18.9 Å². The van der Waals surface area contributed by atoms with Crippen molar-refractivity contribution in [3.8, 4) is 17.0 Å². The fraction of sp³-hybridized carbons (Fsp3) is 0.440. The van der Waals surface area contributed by atoms with Gasteiger partial charge in [0.25, 0.3) is 0 Å². The van der Waals surface area contributed by atoms with Gasteiger partial charge in [0.05, 0.1) is 11.2 Å². The molecule has 198 valence electrons. The van der Waals surface area contributed by atoms with Crippen molar-refractivity contribution in [2.24, 2.45) is 0 Å². The fourth-order valence-electron chi connectivity index (χ4n) is 4.13. The fourth-order valence-corrected chi connectivity index (χ4v) is 4.81. The summed E-state index contributed by atoms with van der Waals surface area (Å²) in [5.41, 5.74) is 6.86. The van der Waals surface area contributed by atoms with Crippen LogP contribution in [0.25, 0.3) is 11.3 Å². The normalized spacial score (nSPS) is 16.9. The van der Waals surface area contributed by atoms with Gasteiger partial charge < -0.3 is 15.2 Å². The number of hydrogen-bond acceptors (Lipinski definition) is 7. The average molecular weight is 551 g/mol. The number of likely N-dealkylation sites (tertiary alicyclic amines) is 1. The number of benzene rings is 1. The highest BCUT2D eigenvalue weighted by Gasteiger charge is 2.32. The van der Waals surface area contributed by atoms with Gasteiger partial charge in [-0.2, -0.15) is 0 Å². The molecular weight excluding hydrogens is 522 g/mol. The van der Waals surface area contributed by atoms with Crippen molar-refractivity contribution in [2.75, 3.05) is 12.3 Å². The summed E-state index contributed by atoms with van der Waals surface area (Å²) in [6, 6.07) is 4.28. The van der Waals surface area contributed by atoms with Crippen molar-refractivity contribution in [2.45, 2.75) is 64.8 Å². The standard InChI is InChI=1S/C25H29Cl2FN6O3/c1-14(21-16(26)8-9-17(28)22(21)27)36-19-11-15(12-30-23(19)29)18-13-34(32-31-18)20-7-5-6-10-33(20)24(35)37-25(2,3)4/h8-9,11-14,20H,5-7,10H2,1-4H3,(H2,29,30)/t14?,20-/m0/s1. The lowest BCUT2D eigenvalue weighted by Crippen LogP contribution is -2.44. The number of amides is 1. The third-order valence-corrected chi connectivity index (χ3v) is 6.60. The molecule has 2 N–H and O–H groups in total. The number of halogens is 3. The van der Waals surface area contributed by atoms with Crippen LogP contribution in [0, 0.1) is 5.82 Å². The number of piperidine rings is 1. The molecule has 1 saturated heterocycles. The Morgan fingerprint density at radius 3 is 2.76 bits per heavy atom. The van der Waals surface area contributed by atoms with Gasteiger partial charge in [0.2, 0.25) is 0 Å². The lowest BCUT2D eigenvalue weighted by Gasteiger charge is -2.36. The minimum absolute atomic E-state index is 0.118. The Kier molecular flexibility index (Phi) is 7.80. The highest BCUT2D eigenvalue weighted by atomic mass is 35.5. The van der Waals surface area contributed by atoms with Crippen LogP contribution in [0.1, 0.15) is 64.8 Å². The van der Waals surface area contributed by atoms with Crippen LogP contribution in [0.5, 0.6) is 5.75 Å². The van der Waals surface area contributed by atoms with Gasteiger partial charge in [-0.1, -0.05) is 28.4 Å². The molecule has 1 aromatic carbocycles. The molecule has 0 radical (unpaired) electrons. The zero-order chi connectivity index (χ0) is 26.9. The topological polar surface area (TPSA) is 108 Å². The van der Waals surface area contributed by atoms with Crippen molar-refractivity contribution >= 4 is 35.1 Å². The number of anilines is 1. The summed E-state index contributed by atoms with van der Waals surface area (Å²) in [6.07, 6.45) is 4.44. The summed E-state index contributed by atoms with van der Waals surface area (Å²) < 4.78 is 27.2. The predicted molar refractivity (Wildman–Crippen MR) is 139 cm³/mol. The number of hydrogen-bond donors (Lipinski definition) is 1. The van der Waals surface area contributed by atoms with Crippen LogP contribution >= 0.6 is 23.2 Å². The molecule has 1 unspecified atom stereocenters. The number of aromatic nitrogens is 4. The maximum absolute atomic E-state index is 14.0. The maximum atomic E-state index is 14.0. The smallest absolute Gasteiger partial charge is 0.412 e. The van der Waals surface area contributed by atoms with Crippen LogP contribution in [-0.2, 0) is 4.74 Å². The Labute approximate surface area is 224 Å². The molecule has 1 aliphatic heterocycles. The number of carbonyl (C=O) groups excluding carboxylic acids is 1. The first-order valence-corrected chi connectivity index (χ1v) is 12.7. The number of nitrogens with two attached hydrogens (primary N) is 1. The summed E-state index contributed by atoms with van der Waals surface area (Å²) in [4.78, 5) is 18.7. The van der Waals surface area contributed by atoms with Gasteiger partial charge in [-0.05, 0) is 65.2 Å². The second-order valence-electron chi connectivity index (χ2n) is 9.86. The van der Waals surface area contributed by atoms with E-state index >= 15 is 0 Å². The summed E-state index contributed by atoms with van der Waals surface area (Å²) in [5, 5.41) is 8.72. The molecule has 9 nitrogen and oxygen atoms in total. The zero-order valence-electron chi connectivity index (χ0n) is 21.0. The largest absolute Gasteiger partial charge is 0.482 e. The van der Waals surface area contributed by atoms with Crippen LogP contribution in [0.3, 0.4) is 0 Å². The minimum atomic E-state index is -0.713. The third-order valence-electron chi connectivity index (χ3n) is 5.88. The van der Waals surface area contributed by atoms with E-state index in [9.17, 15) is 9.18 Å². The first-order valence-electron chi connectivity index (χ1n) is 11.9. The molecule has 0 aliphatic carbocycles. The molecule has 3 heterocycles. The van der Waals surface area contributed by atoms with Gasteiger partial charge in [0, 0.05) is 28.9 Å². The first-order chi connectivity index (χ1) is 17.4. The van der Waals surface area contributed by atoms with E-state index in [0.29, 0.717) is 23.4 Å². The third kappa shape index (κ3) is 6.07. The zero-order valence-corrected chi connectivity index (χ0v) is 22.6. The summed E-state index contributed by atoms with van der Waals surface area (Å²) in [6.45, 7) is 7.76. The van der Waals surface area contributed by atoms with Crippen LogP contribution in [0.2, 0.25) is 10.0 Å². The molecule has 1 fully saturated rings. The van der Waals surface area contributed by atoms with E-state index < -0.39 is 17.5 Å². The van der Waals surface area contributed by atoms with Crippen molar-refractivity contribution in [3.05, 3.63) is 52.0 Å². The molecule has 0 spiro atoms. The monoisotopic (exact) mass is 550 g/mol. The van der Waals surface area contributed by atoms with Crippen LogP contribution in [0.4, 0.5) is 15.0 Å². The van der Waals surface area contributed by atoms with Gasteiger partial charge in [0.1, 0.15) is 29.4 Å². The van der Waals surface area contributed by atoms with Crippen LogP contribution in [-0.4, -0.2) is 43.1 Å².